The van der Waals surface area contributed by atoms with Crippen molar-refractivity contribution in [3.63, 3.8) is 0 Å². The minimum atomic E-state index is -0.241. The van der Waals surface area contributed by atoms with E-state index in [0.29, 0.717) is 6.04 Å². The fourth-order valence-corrected chi connectivity index (χ4v) is 3.63. The highest BCUT2D eigenvalue weighted by atomic mass is 16.7. The Kier molecular flexibility index (Phi) is 4.33. The lowest BCUT2D eigenvalue weighted by atomic mass is 9.90. The van der Waals surface area contributed by atoms with E-state index >= 15 is 0 Å². The number of aromatic nitrogens is 2. The van der Waals surface area contributed by atoms with Gasteiger partial charge in [-0.15, -0.1) is 0 Å². The van der Waals surface area contributed by atoms with Crippen LogP contribution in [0.4, 0.5) is 0 Å². The molecule has 1 saturated carbocycles. The van der Waals surface area contributed by atoms with Crippen molar-refractivity contribution in [3.8, 4) is 0 Å². The summed E-state index contributed by atoms with van der Waals surface area (Å²) in [6, 6.07) is 0.598. The molecule has 0 bridgehead atoms. The Morgan fingerprint density at radius 2 is 1.90 bits per heavy atom. The zero-order valence-corrected chi connectivity index (χ0v) is 13.4. The maximum atomic E-state index is 5.78. The van der Waals surface area contributed by atoms with E-state index in [1.165, 1.54) is 11.3 Å². The van der Waals surface area contributed by atoms with E-state index in [4.69, 9.17) is 9.47 Å². The predicted molar refractivity (Wildman–Crippen MR) is 81.3 cm³/mol. The van der Waals surface area contributed by atoms with Gasteiger partial charge in [0, 0.05) is 31.6 Å². The van der Waals surface area contributed by atoms with Gasteiger partial charge in [-0.05, 0) is 45.2 Å². The lowest BCUT2D eigenvalue weighted by Crippen LogP contribution is -2.42. The number of hydrogen-bond acceptors (Lipinski definition) is 4. The summed E-state index contributed by atoms with van der Waals surface area (Å²) in [5, 5.41) is 8.17. The number of nitrogens with one attached hydrogen (secondary N) is 1. The largest absolute Gasteiger partial charge is 0.348 e. The molecule has 2 fully saturated rings. The first-order valence-electron chi connectivity index (χ1n) is 8.10. The summed E-state index contributed by atoms with van der Waals surface area (Å²) in [5.41, 5.74) is 3.83. The first kappa shape index (κ1) is 15.0. The highest BCUT2D eigenvalue weighted by molar-refractivity contribution is 5.24. The molecule has 1 saturated heterocycles. The molecule has 0 radical (unpaired) electrons. The second kappa shape index (κ2) is 6.07. The summed E-state index contributed by atoms with van der Waals surface area (Å²) in [6.07, 6.45) is 5.39. The van der Waals surface area contributed by atoms with Gasteiger partial charge in [0.15, 0.2) is 5.79 Å². The lowest BCUT2D eigenvalue weighted by Gasteiger charge is -2.35. The van der Waals surface area contributed by atoms with Gasteiger partial charge in [-0.3, -0.25) is 4.68 Å². The fraction of sp³-hybridized carbons (Fsp3) is 0.812. The quantitative estimate of drug-likeness (QED) is 0.920. The van der Waals surface area contributed by atoms with E-state index in [9.17, 15) is 0 Å². The summed E-state index contributed by atoms with van der Waals surface area (Å²) in [5.74, 6) is -0.241. The van der Waals surface area contributed by atoms with Gasteiger partial charge in [-0.1, -0.05) is 0 Å². The van der Waals surface area contributed by atoms with Crippen molar-refractivity contribution in [1.82, 2.24) is 15.1 Å². The van der Waals surface area contributed by atoms with Crippen LogP contribution in [-0.2, 0) is 22.9 Å². The summed E-state index contributed by atoms with van der Waals surface area (Å²) in [6.45, 7) is 6.79. The molecule has 1 N–H and O–H groups in total. The molecule has 5 heteroatoms. The molecule has 2 heterocycles. The average Bonchev–Trinajstić information content (AvgIpc) is 3.01. The van der Waals surface area contributed by atoms with E-state index in [1.54, 1.807) is 0 Å². The molecule has 0 aromatic carbocycles. The lowest BCUT2D eigenvalue weighted by molar-refractivity contribution is -0.179. The molecular formula is C16H27N3O2. The number of ether oxygens (including phenoxy) is 2. The van der Waals surface area contributed by atoms with Gasteiger partial charge in [0.25, 0.3) is 0 Å². The normalized spacial score (nSPS) is 22.2. The Morgan fingerprint density at radius 3 is 2.48 bits per heavy atom. The Labute approximate surface area is 127 Å². The predicted octanol–water partition coefficient (Wildman–Crippen LogP) is 1.85. The highest BCUT2D eigenvalue weighted by Crippen LogP contribution is 2.35. The van der Waals surface area contributed by atoms with Crippen LogP contribution < -0.4 is 5.32 Å². The van der Waals surface area contributed by atoms with Crippen molar-refractivity contribution >= 4 is 0 Å². The number of rotatable bonds is 4. The second-order valence-corrected chi connectivity index (χ2v) is 6.36. The maximum Gasteiger partial charge on any atom is 0.168 e. The highest BCUT2D eigenvalue weighted by Gasteiger charge is 2.40. The molecule has 0 atom stereocenters. The molecular weight excluding hydrogens is 266 g/mol. The molecule has 0 amide bonds. The summed E-state index contributed by atoms with van der Waals surface area (Å²) < 4.78 is 13.5. The van der Waals surface area contributed by atoms with Crippen molar-refractivity contribution < 1.29 is 9.47 Å². The Hall–Kier alpha value is -0.910. The number of nitrogens with zero attached hydrogens (tertiary/aromatic N) is 2. The third kappa shape index (κ3) is 3.15. The third-order valence-electron chi connectivity index (χ3n) is 5.03. The molecule has 118 valence electrons. The summed E-state index contributed by atoms with van der Waals surface area (Å²) in [4.78, 5) is 0. The van der Waals surface area contributed by atoms with Crippen LogP contribution in [0.25, 0.3) is 0 Å². The molecule has 0 unspecified atom stereocenters. The molecule has 3 rings (SSSR count). The minimum Gasteiger partial charge on any atom is -0.348 e. The van der Waals surface area contributed by atoms with Gasteiger partial charge in [0.2, 0.25) is 0 Å². The zero-order valence-electron chi connectivity index (χ0n) is 13.4. The molecule has 1 aliphatic carbocycles. The Morgan fingerprint density at radius 1 is 1.24 bits per heavy atom. The van der Waals surface area contributed by atoms with Gasteiger partial charge >= 0.3 is 0 Å². The van der Waals surface area contributed by atoms with Crippen LogP contribution in [0.2, 0.25) is 0 Å². The fourth-order valence-electron chi connectivity index (χ4n) is 3.63. The smallest absolute Gasteiger partial charge is 0.168 e. The van der Waals surface area contributed by atoms with Crippen LogP contribution in [-0.4, -0.2) is 41.4 Å². The van der Waals surface area contributed by atoms with Crippen LogP contribution >= 0.6 is 0 Å². The van der Waals surface area contributed by atoms with Gasteiger partial charge in [-0.25, -0.2) is 0 Å². The van der Waals surface area contributed by atoms with Crippen molar-refractivity contribution in [2.75, 3.05) is 19.8 Å². The third-order valence-corrected chi connectivity index (χ3v) is 5.03. The molecule has 2 aliphatic rings. The van der Waals surface area contributed by atoms with Crippen molar-refractivity contribution in [2.45, 2.75) is 57.8 Å². The van der Waals surface area contributed by atoms with Crippen molar-refractivity contribution in [3.05, 3.63) is 17.0 Å². The maximum absolute atomic E-state index is 5.78. The monoisotopic (exact) mass is 293 g/mol. The van der Waals surface area contributed by atoms with Crippen LogP contribution in [0, 0.1) is 13.8 Å². The van der Waals surface area contributed by atoms with Crippen molar-refractivity contribution in [1.29, 1.82) is 0 Å². The first-order chi connectivity index (χ1) is 10.1. The Balaban J connectivity index is 1.44. The molecule has 1 aromatic rings. The number of aryl methyl sites for hydroxylation is 2. The van der Waals surface area contributed by atoms with Crippen LogP contribution in [0.1, 0.15) is 42.6 Å². The second-order valence-electron chi connectivity index (χ2n) is 6.36. The molecule has 21 heavy (non-hydrogen) atoms. The Bertz CT molecular complexity index is 482. The minimum absolute atomic E-state index is 0.241. The van der Waals surface area contributed by atoms with Crippen LogP contribution in [0.15, 0.2) is 0 Å². The topological polar surface area (TPSA) is 48.3 Å². The number of hydrogen-bond donors (Lipinski definition) is 1. The summed E-state index contributed by atoms with van der Waals surface area (Å²) >= 11 is 0. The molecule has 1 spiro atoms. The van der Waals surface area contributed by atoms with E-state index < -0.39 is 0 Å². The van der Waals surface area contributed by atoms with Gasteiger partial charge in [-0.2, -0.15) is 5.10 Å². The zero-order chi connectivity index (χ0) is 14.9. The van der Waals surface area contributed by atoms with E-state index in [-0.39, 0.29) is 5.79 Å². The van der Waals surface area contributed by atoms with Gasteiger partial charge < -0.3 is 14.8 Å². The van der Waals surface area contributed by atoms with E-state index in [1.807, 2.05) is 11.7 Å². The van der Waals surface area contributed by atoms with E-state index in [2.05, 4.69) is 24.3 Å². The SMILES string of the molecule is Cc1nn(C)c(C)c1CCNC1CCC2(CC1)OCCO2. The van der Waals surface area contributed by atoms with Crippen LogP contribution in [0.5, 0.6) is 0 Å². The molecule has 5 nitrogen and oxygen atoms in total. The van der Waals surface area contributed by atoms with E-state index in [0.717, 1.165) is 57.6 Å². The molecule has 1 aliphatic heterocycles. The average molecular weight is 293 g/mol. The van der Waals surface area contributed by atoms with Gasteiger partial charge in [0.1, 0.15) is 0 Å². The van der Waals surface area contributed by atoms with Crippen molar-refractivity contribution in [2.24, 2.45) is 7.05 Å². The van der Waals surface area contributed by atoms with Crippen LogP contribution in [0.3, 0.4) is 0 Å². The van der Waals surface area contributed by atoms with Gasteiger partial charge in [0.05, 0.1) is 18.9 Å². The molecule has 1 aromatic heterocycles. The summed E-state index contributed by atoms with van der Waals surface area (Å²) in [7, 11) is 2.02. The first-order valence-corrected chi connectivity index (χ1v) is 8.10. The standard InChI is InChI=1S/C16H27N3O2/c1-12-15(13(2)19(3)18-12)6-9-17-14-4-7-16(8-5-14)20-10-11-21-16/h14,17H,4-11H2,1-3H3.